The van der Waals surface area contributed by atoms with Gasteiger partial charge in [-0.3, -0.25) is 9.78 Å². The van der Waals surface area contributed by atoms with Gasteiger partial charge in [0, 0.05) is 35.6 Å². The Bertz CT molecular complexity index is 921. The smallest absolute Gasteiger partial charge is 0.103 e. The predicted molar refractivity (Wildman–Crippen MR) is 88.0 cm³/mol. The highest BCUT2D eigenvalue weighted by atomic mass is 15.2. The van der Waals surface area contributed by atoms with Gasteiger partial charge in [-0.2, -0.15) is 10.2 Å². The fourth-order valence-electron chi connectivity index (χ4n) is 2.55. The molecule has 0 unspecified atom stereocenters. The van der Waals surface area contributed by atoms with E-state index in [2.05, 4.69) is 38.8 Å². The maximum atomic E-state index is 4.42. The molecule has 0 saturated carbocycles. The molecule has 0 fully saturated rings. The second-order valence-corrected chi connectivity index (χ2v) is 5.23. The van der Waals surface area contributed by atoms with Crippen LogP contribution in [0.3, 0.4) is 0 Å². The van der Waals surface area contributed by atoms with E-state index in [0.717, 1.165) is 33.5 Å². The first-order valence-electron chi connectivity index (χ1n) is 7.09. The molecular weight excluding hydrogens is 274 g/mol. The van der Waals surface area contributed by atoms with Gasteiger partial charge < -0.3 is 5.32 Å². The average molecular weight is 289 g/mol. The fourth-order valence-corrected chi connectivity index (χ4v) is 2.55. The molecule has 0 aliphatic heterocycles. The summed E-state index contributed by atoms with van der Waals surface area (Å²) in [4.78, 5) is 0. The first-order valence-corrected chi connectivity index (χ1v) is 7.09. The van der Waals surface area contributed by atoms with Crippen LogP contribution in [0.1, 0.15) is 0 Å². The highest BCUT2D eigenvalue weighted by Crippen LogP contribution is 2.28. The summed E-state index contributed by atoms with van der Waals surface area (Å²) in [5.41, 5.74) is 5.03. The van der Waals surface area contributed by atoms with Crippen molar-refractivity contribution >= 4 is 22.3 Å². The molecule has 4 aromatic rings. The lowest BCUT2D eigenvalue weighted by Crippen LogP contribution is -1.89. The van der Waals surface area contributed by atoms with E-state index in [1.54, 1.807) is 4.68 Å². The molecule has 0 bridgehead atoms. The van der Waals surface area contributed by atoms with Crippen LogP contribution < -0.4 is 5.32 Å². The lowest BCUT2D eigenvalue weighted by molar-refractivity contribution is 0.768. The predicted octanol–water partition coefficient (Wildman–Crippen LogP) is 3.71. The van der Waals surface area contributed by atoms with E-state index in [9.17, 15) is 0 Å². The van der Waals surface area contributed by atoms with Gasteiger partial charge in [-0.25, -0.2) is 0 Å². The minimum atomic E-state index is 0.925. The highest BCUT2D eigenvalue weighted by Gasteiger charge is 2.10. The summed E-state index contributed by atoms with van der Waals surface area (Å²) in [6.45, 7) is 0. The van der Waals surface area contributed by atoms with Gasteiger partial charge in [-0.1, -0.05) is 18.2 Å². The average Bonchev–Trinajstić information content (AvgIpc) is 3.14. The monoisotopic (exact) mass is 289 g/mol. The van der Waals surface area contributed by atoms with Crippen LogP contribution in [-0.2, 0) is 7.05 Å². The van der Waals surface area contributed by atoms with Crippen LogP contribution in [-0.4, -0.2) is 20.0 Å². The van der Waals surface area contributed by atoms with Crippen LogP contribution in [0.25, 0.3) is 22.2 Å². The van der Waals surface area contributed by atoms with Crippen LogP contribution in [0.2, 0.25) is 0 Å². The van der Waals surface area contributed by atoms with Crippen molar-refractivity contribution in [3.05, 3.63) is 60.9 Å². The number of hydrogen-bond donors (Lipinski definition) is 2. The molecule has 0 radical (unpaired) electrons. The van der Waals surface area contributed by atoms with Gasteiger partial charge in [0.25, 0.3) is 0 Å². The minimum absolute atomic E-state index is 0.925. The molecule has 2 heterocycles. The minimum Gasteiger partial charge on any atom is -0.355 e. The van der Waals surface area contributed by atoms with Crippen LogP contribution >= 0.6 is 0 Å². The van der Waals surface area contributed by atoms with Gasteiger partial charge in [0.2, 0.25) is 0 Å². The Hall–Kier alpha value is -3.08. The maximum Gasteiger partial charge on any atom is 0.103 e. The van der Waals surface area contributed by atoms with Gasteiger partial charge in [0.05, 0.1) is 11.7 Å². The Kier molecular flexibility index (Phi) is 2.89. The summed E-state index contributed by atoms with van der Waals surface area (Å²) in [5, 5.41) is 16.2. The molecule has 2 N–H and O–H groups in total. The summed E-state index contributed by atoms with van der Waals surface area (Å²) in [7, 11) is 1.90. The molecule has 0 saturated heterocycles. The molecule has 2 aromatic carbocycles. The summed E-state index contributed by atoms with van der Waals surface area (Å²) >= 11 is 0. The Labute approximate surface area is 127 Å². The van der Waals surface area contributed by atoms with Gasteiger partial charge in [-0.05, 0) is 30.3 Å². The van der Waals surface area contributed by atoms with E-state index in [0.29, 0.717) is 0 Å². The van der Waals surface area contributed by atoms with Crippen molar-refractivity contribution in [3.8, 4) is 11.3 Å². The molecule has 4 rings (SSSR count). The number of para-hydroxylation sites is 1. The van der Waals surface area contributed by atoms with E-state index in [-0.39, 0.29) is 0 Å². The van der Waals surface area contributed by atoms with Crippen molar-refractivity contribution in [2.45, 2.75) is 0 Å². The van der Waals surface area contributed by atoms with Gasteiger partial charge in [0.15, 0.2) is 0 Å². The standard InChI is InChI=1S/C17H15N5/c1-22-11-12(10-18-22)17-15-8-7-14(9-16(15)20-21-17)19-13-5-3-2-4-6-13/h2-11,19H,1H3,(H,20,21). The maximum absolute atomic E-state index is 4.42. The number of benzene rings is 2. The molecule has 5 nitrogen and oxygen atoms in total. The number of fused-ring (bicyclic) bond motifs is 1. The number of H-pyrrole nitrogens is 1. The first kappa shape index (κ1) is 12.6. The van der Waals surface area contributed by atoms with Crippen LogP contribution in [0, 0.1) is 0 Å². The number of nitrogens with zero attached hydrogens (tertiary/aromatic N) is 3. The van der Waals surface area contributed by atoms with Crippen LogP contribution in [0.5, 0.6) is 0 Å². The van der Waals surface area contributed by atoms with Gasteiger partial charge in [-0.15, -0.1) is 0 Å². The molecule has 0 atom stereocenters. The van der Waals surface area contributed by atoms with Crippen LogP contribution in [0.15, 0.2) is 60.9 Å². The van der Waals surface area contributed by atoms with Crippen LogP contribution in [0.4, 0.5) is 11.4 Å². The number of nitrogens with one attached hydrogen (secondary N) is 2. The van der Waals surface area contributed by atoms with E-state index in [4.69, 9.17) is 0 Å². The van der Waals surface area contributed by atoms with Gasteiger partial charge in [0.1, 0.15) is 5.69 Å². The number of anilines is 2. The molecule has 0 spiro atoms. The second kappa shape index (κ2) is 5.04. The SMILES string of the molecule is Cn1cc(-c2n[nH]c3cc(Nc4ccccc4)ccc23)cn1. The molecular formula is C17H15N5. The van der Waals surface area contributed by atoms with Crippen molar-refractivity contribution < 1.29 is 0 Å². The zero-order valence-corrected chi connectivity index (χ0v) is 12.1. The summed E-state index contributed by atoms with van der Waals surface area (Å²) in [6, 6.07) is 16.3. The molecule has 108 valence electrons. The third-order valence-corrected chi connectivity index (χ3v) is 3.60. The van der Waals surface area contributed by atoms with Crippen molar-refractivity contribution in [2.24, 2.45) is 7.05 Å². The molecule has 5 heteroatoms. The summed E-state index contributed by atoms with van der Waals surface area (Å²) in [5.74, 6) is 0. The van der Waals surface area contributed by atoms with Crippen molar-refractivity contribution in [2.75, 3.05) is 5.32 Å². The third kappa shape index (κ3) is 2.22. The lowest BCUT2D eigenvalue weighted by Gasteiger charge is -2.06. The normalized spacial score (nSPS) is 11.0. The lowest BCUT2D eigenvalue weighted by atomic mass is 10.1. The Morgan fingerprint density at radius 1 is 1.05 bits per heavy atom. The number of hydrogen-bond acceptors (Lipinski definition) is 3. The second-order valence-electron chi connectivity index (χ2n) is 5.23. The Balaban J connectivity index is 1.71. The quantitative estimate of drug-likeness (QED) is 0.604. The molecule has 22 heavy (non-hydrogen) atoms. The first-order chi connectivity index (χ1) is 10.8. The molecule has 2 aromatic heterocycles. The van der Waals surface area contributed by atoms with Crippen molar-refractivity contribution in [1.82, 2.24) is 20.0 Å². The number of aromatic amines is 1. The zero-order chi connectivity index (χ0) is 14.9. The fraction of sp³-hybridized carbons (Fsp3) is 0.0588. The van der Waals surface area contributed by atoms with E-state index in [1.165, 1.54) is 0 Å². The summed E-state index contributed by atoms with van der Waals surface area (Å²) in [6.07, 6.45) is 3.79. The Morgan fingerprint density at radius 2 is 1.91 bits per heavy atom. The van der Waals surface area contributed by atoms with Gasteiger partial charge >= 0.3 is 0 Å². The highest BCUT2D eigenvalue weighted by molar-refractivity contribution is 5.94. The number of rotatable bonds is 3. The summed E-state index contributed by atoms with van der Waals surface area (Å²) < 4.78 is 1.78. The zero-order valence-electron chi connectivity index (χ0n) is 12.1. The Morgan fingerprint density at radius 3 is 2.68 bits per heavy atom. The number of aryl methyl sites for hydroxylation is 1. The van der Waals surface area contributed by atoms with E-state index < -0.39 is 0 Å². The molecule has 0 aliphatic rings. The van der Waals surface area contributed by atoms with Crippen molar-refractivity contribution in [3.63, 3.8) is 0 Å². The topological polar surface area (TPSA) is 58.5 Å². The third-order valence-electron chi connectivity index (χ3n) is 3.60. The van der Waals surface area contributed by atoms with E-state index >= 15 is 0 Å². The number of aromatic nitrogens is 4. The molecule has 0 amide bonds. The van der Waals surface area contributed by atoms with E-state index in [1.807, 2.05) is 49.8 Å². The molecule has 0 aliphatic carbocycles. The van der Waals surface area contributed by atoms with Crippen molar-refractivity contribution in [1.29, 1.82) is 0 Å². The largest absolute Gasteiger partial charge is 0.355 e.